The fourth-order valence-corrected chi connectivity index (χ4v) is 4.58. The van der Waals surface area contributed by atoms with Crippen molar-refractivity contribution in [2.75, 3.05) is 25.1 Å². The summed E-state index contributed by atoms with van der Waals surface area (Å²) >= 11 is 1.73. The maximum atomic E-state index is 11.4. The molecule has 1 fully saturated rings. The number of rotatable bonds is 5. The molecule has 0 N–H and O–H groups in total. The number of hydrogen-bond donors (Lipinski definition) is 0. The summed E-state index contributed by atoms with van der Waals surface area (Å²) in [5, 5.41) is 3.32. The third-order valence-electron chi connectivity index (χ3n) is 5.23. The third-order valence-corrected chi connectivity index (χ3v) is 6.23. The lowest BCUT2D eigenvalue weighted by Crippen LogP contribution is -2.33. The normalized spacial score (nSPS) is 14.9. The number of methoxy groups -OCH3 is 1. The van der Waals surface area contributed by atoms with Gasteiger partial charge in [0.05, 0.1) is 17.8 Å². The average molecular weight is 394 g/mol. The monoisotopic (exact) mass is 393 g/mol. The maximum absolute atomic E-state index is 11.4. The van der Waals surface area contributed by atoms with Crippen LogP contribution < -0.4 is 9.64 Å². The van der Waals surface area contributed by atoms with E-state index in [0.29, 0.717) is 11.5 Å². The highest BCUT2D eigenvalue weighted by molar-refractivity contribution is 7.10. The molecule has 1 aromatic carbocycles. The minimum absolute atomic E-state index is 0.0485. The van der Waals surface area contributed by atoms with Gasteiger partial charge in [-0.25, -0.2) is 9.97 Å². The fourth-order valence-electron chi connectivity index (χ4n) is 3.59. The number of Topliss-reactive ketones (excluding diaryl/α,β-unsaturated/α-hetero) is 1. The van der Waals surface area contributed by atoms with Crippen LogP contribution in [-0.4, -0.2) is 36.0 Å². The maximum Gasteiger partial charge on any atom is 0.161 e. The Labute approximate surface area is 169 Å². The Morgan fingerprint density at radius 2 is 1.96 bits per heavy atom. The Hall–Kier alpha value is -2.73. The highest BCUT2D eigenvalue weighted by Crippen LogP contribution is 2.36. The van der Waals surface area contributed by atoms with Crippen molar-refractivity contribution in [1.82, 2.24) is 9.97 Å². The Balaban J connectivity index is 1.43. The van der Waals surface area contributed by atoms with Crippen LogP contribution in [0.25, 0.3) is 11.3 Å². The van der Waals surface area contributed by atoms with E-state index < -0.39 is 0 Å². The van der Waals surface area contributed by atoms with Crippen LogP contribution in [0.3, 0.4) is 0 Å². The number of carbonyl (C=O) groups excluding carboxylic acids is 1. The second kappa shape index (κ2) is 8.10. The van der Waals surface area contributed by atoms with E-state index in [1.54, 1.807) is 31.6 Å². The van der Waals surface area contributed by atoms with Crippen LogP contribution in [0.5, 0.6) is 5.75 Å². The molecule has 3 aromatic rings. The molecule has 144 valence electrons. The van der Waals surface area contributed by atoms with Gasteiger partial charge >= 0.3 is 0 Å². The zero-order valence-electron chi connectivity index (χ0n) is 16.1. The number of nitrogens with zero attached hydrogens (tertiary/aromatic N) is 3. The van der Waals surface area contributed by atoms with Gasteiger partial charge < -0.3 is 9.64 Å². The molecule has 0 amide bonds. The first-order valence-electron chi connectivity index (χ1n) is 9.46. The van der Waals surface area contributed by atoms with Crippen molar-refractivity contribution < 1.29 is 9.53 Å². The first-order valence-corrected chi connectivity index (χ1v) is 10.3. The standard InChI is InChI=1S/C22H23N3O2S/c1-15(26)17-7-8-21(23-13-17)25-11-9-16(10-12-25)22-24-19(14-28-22)18-5-3-4-6-20(18)27-2/h3-8,13-14,16H,9-12H2,1-2H3. The molecule has 4 rings (SSSR count). The van der Waals surface area contributed by atoms with Crippen molar-refractivity contribution in [3.63, 3.8) is 0 Å². The van der Waals surface area contributed by atoms with Gasteiger partial charge in [0, 0.05) is 41.7 Å². The highest BCUT2D eigenvalue weighted by Gasteiger charge is 2.24. The molecule has 2 aromatic heterocycles. The van der Waals surface area contributed by atoms with Crippen LogP contribution in [-0.2, 0) is 0 Å². The molecule has 5 nitrogen and oxygen atoms in total. The molecule has 6 heteroatoms. The molecule has 1 saturated heterocycles. The number of hydrogen-bond acceptors (Lipinski definition) is 6. The molecule has 3 heterocycles. The van der Waals surface area contributed by atoms with Crippen LogP contribution in [0.15, 0.2) is 48.0 Å². The molecule has 0 atom stereocenters. The van der Waals surface area contributed by atoms with Crippen LogP contribution in [0.1, 0.15) is 41.0 Å². The summed E-state index contributed by atoms with van der Waals surface area (Å²) in [5.41, 5.74) is 2.69. The zero-order chi connectivity index (χ0) is 19.5. The van der Waals surface area contributed by atoms with Gasteiger partial charge in [0.25, 0.3) is 0 Å². The van der Waals surface area contributed by atoms with Crippen LogP contribution >= 0.6 is 11.3 Å². The summed E-state index contributed by atoms with van der Waals surface area (Å²) in [6.45, 7) is 3.46. The fraction of sp³-hybridized carbons (Fsp3) is 0.318. The number of piperidine rings is 1. The summed E-state index contributed by atoms with van der Waals surface area (Å²) in [6.07, 6.45) is 3.77. The summed E-state index contributed by atoms with van der Waals surface area (Å²) in [4.78, 5) is 23.1. The first kappa shape index (κ1) is 18.6. The summed E-state index contributed by atoms with van der Waals surface area (Å²) in [5.74, 6) is 2.32. The van der Waals surface area contributed by atoms with Gasteiger partial charge in [-0.15, -0.1) is 11.3 Å². The van der Waals surface area contributed by atoms with Gasteiger partial charge in [-0.2, -0.15) is 0 Å². The first-order chi connectivity index (χ1) is 13.7. The second-order valence-electron chi connectivity index (χ2n) is 6.99. The molecule has 0 aliphatic carbocycles. The van der Waals surface area contributed by atoms with Crippen LogP contribution in [0, 0.1) is 0 Å². The van der Waals surface area contributed by atoms with E-state index in [1.165, 1.54) is 5.01 Å². The third kappa shape index (κ3) is 3.78. The SMILES string of the molecule is COc1ccccc1-c1csc(C2CCN(c3ccc(C(C)=O)cn3)CC2)n1. The number of ether oxygens (including phenoxy) is 1. The van der Waals surface area contributed by atoms with E-state index in [0.717, 1.165) is 48.8 Å². The van der Waals surface area contributed by atoms with Crippen molar-refractivity contribution in [1.29, 1.82) is 0 Å². The predicted octanol–water partition coefficient (Wildman–Crippen LogP) is 4.80. The van der Waals surface area contributed by atoms with Crippen molar-refractivity contribution in [2.24, 2.45) is 0 Å². The predicted molar refractivity (Wildman–Crippen MR) is 113 cm³/mol. The molecule has 1 aliphatic heterocycles. The number of benzene rings is 1. The van der Waals surface area contributed by atoms with Gasteiger partial charge in [-0.3, -0.25) is 4.79 Å². The Morgan fingerprint density at radius 1 is 1.18 bits per heavy atom. The number of aromatic nitrogens is 2. The van der Waals surface area contributed by atoms with Gasteiger partial charge in [-0.1, -0.05) is 12.1 Å². The minimum Gasteiger partial charge on any atom is -0.496 e. The van der Waals surface area contributed by atoms with E-state index in [9.17, 15) is 4.79 Å². The highest BCUT2D eigenvalue weighted by atomic mass is 32.1. The van der Waals surface area contributed by atoms with Crippen molar-refractivity contribution in [3.8, 4) is 17.0 Å². The molecule has 0 bridgehead atoms. The summed E-state index contributed by atoms with van der Waals surface area (Å²) in [6, 6.07) is 11.8. The number of carbonyl (C=O) groups is 1. The van der Waals surface area contributed by atoms with Gasteiger partial charge in [0.1, 0.15) is 11.6 Å². The number of para-hydroxylation sites is 1. The number of anilines is 1. The Kier molecular flexibility index (Phi) is 5.39. The van der Waals surface area contributed by atoms with Gasteiger partial charge in [-0.05, 0) is 44.0 Å². The minimum atomic E-state index is 0.0485. The lowest BCUT2D eigenvalue weighted by molar-refractivity contribution is 0.101. The summed E-state index contributed by atoms with van der Waals surface area (Å²) < 4.78 is 5.47. The second-order valence-corrected chi connectivity index (χ2v) is 7.88. The van der Waals surface area contributed by atoms with E-state index in [4.69, 9.17) is 9.72 Å². The van der Waals surface area contributed by atoms with Crippen molar-refractivity contribution in [3.05, 3.63) is 58.5 Å². The van der Waals surface area contributed by atoms with Crippen LogP contribution in [0.4, 0.5) is 5.82 Å². The van der Waals surface area contributed by atoms with E-state index in [2.05, 4.69) is 21.3 Å². The number of pyridine rings is 1. The molecule has 0 radical (unpaired) electrons. The largest absolute Gasteiger partial charge is 0.496 e. The molecular weight excluding hydrogens is 370 g/mol. The zero-order valence-corrected chi connectivity index (χ0v) is 16.9. The van der Waals surface area contributed by atoms with Gasteiger partial charge in [0.15, 0.2) is 5.78 Å². The topological polar surface area (TPSA) is 55.3 Å². The quantitative estimate of drug-likeness (QED) is 0.583. The molecular formula is C22H23N3O2S. The van der Waals surface area contributed by atoms with E-state index in [-0.39, 0.29) is 5.78 Å². The average Bonchev–Trinajstić information content (AvgIpc) is 3.24. The molecule has 0 unspecified atom stereocenters. The Morgan fingerprint density at radius 3 is 2.64 bits per heavy atom. The smallest absolute Gasteiger partial charge is 0.161 e. The van der Waals surface area contributed by atoms with Crippen molar-refractivity contribution >= 4 is 22.9 Å². The number of ketones is 1. The lowest BCUT2D eigenvalue weighted by atomic mass is 9.97. The van der Waals surface area contributed by atoms with Crippen molar-refractivity contribution in [2.45, 2.75) is 25.7 Å². The molecule has 28 heavy (non-hydrogen) atoms. The Bertz CT molecular complexity index is 960. The van der Waals surface area contributed by atoms with E-state index >= 15 is 0 Å². The lowest BCUT2D eigenvalue weighted by Gasteiger charge is -2.32. The summed E-state index contributed by atoms with van der Waals surface area (Å²) in [7, 11) is 1.69. The van der Waals surface area contributed by atoms with Gasteiger partial charge in [0.2, 0.25) is 0 Å². The molecule has 0 spiro atoms. The molecule has 0 saturated carbocycles. The van der Waals surface area contributed by atoms with Crippen LogP contribution in [0.2, 0.25) is 0 Å². The number of thiazole rings is 1. The van der Waals surface area contributed by atoms with E-state index in [1.807, 2.05) is 30.3 Å². The molecule has 1 aliphatic rings.